The molecular weight excluding hydrogens is 552 g/mol. The molecule has 0 bridgehead atoms. The Labute approximate surface area is 225 Å². The molecule has 1 amide bonds. The van der Waals surface area contributed by atoms with Crippen LogP contribution in [0.15, 0.2) is 107 Å². The van der Waals surface area contributed by atoms with Crippen molar-refractivity contribution < 1.29 is 13.2 Å². The molecule has 1 N–H and O–H groups in total. The Bertz CT molecular complexity index is 1490. The van der Waals surface area contributed by atoms with Gasteiger partial charge in [-0.05, 0) is 60.2 Å². The SMILES string of the molecule is O=C(c1ccc(NS(=O)(=O)c2ccccc2-c2ccc(Br)cc2)cc1)N1CCN(c2ccncc2)CC1. The van der Waals surface area contributed by atoms with Crippen molar-refractivity contribution in [2.45, 2.75) is 4.90 Å². The summed E-state index contributed by atoms with van der Waals surface area (Å²) in [6.07, 6.45) is 3.53. The molecular formula is C28H25BrN4O3S. The summed E-state index contributed by atoms with van der Waals surface area (Å²) in [5.41, 5.74) is 3.43. The second-order valence-corrected chi connectivity index (χ2v) is 11.2. The number of carbonyl (C=O) groups excluding carboxylic acids is 1. The maximum absolute atomic E-state index is 13.3. The molecule has 37 heavy (non-hydrogen) atoms. The number of aromatic nitrogens is 1. The second-order valence-electron chi connectivity index (χ2n) is 8.67. The van der Waals surface area contributed by atoms with E-state index in [4.69, 9.17) is 0 Å². The number of rotatable bonds is 6. The number of hydrogen-bond donors (Lipinski definition) is 1. The van der Waals surface area contributed by atoms with E-state index in [1.165, 1.54) is 0 Å². The largest absolute Gasteiger partial charge is 0.368 e. The number of anilines is 2. The maximum atomic E-state index is 13.3. The first kappa shape index (κ1) is 25.0. The van der Waals surface area contributed by atoms with Gasteiger partial charge in [0.1, 0.15) is 0 Å². The molecule has 1 fully saturated rings. The number of sulfonamides is 1. The molecule has 5 rings (SSSR count). The van der Waals surface area contributed by atoms with E-state index in [1.54, 1.807) is 54.9 Å². The molecule has 188 valence electrons. The van der Waals surface area contributed by atoms with E-state index in [2.05, 4.69) is 30.5 Å². The molecule has 1 saturated heterocycles. The number of hydrogen-bond acceptors (Lipinski definition) is 5. The lowest BCUT2D eigenvalue weighted by molar-refractivity contribution is 0.0747. The first-order valence-corrected chi connectivity index (χ1v) is 14.1. The summed E-state index contributed by atoms with van der Waals surface area (Å²) in [7, 11) is -3.86. The molecule has 1 aromatic heterocycles. The third-order valence-electron chi connectivity index (χ3n) is 6.31. The highest BCUT2D eigenvalue weighted by Gasteiger charge is 2.23. The monoisotopic (exact) mass is 576 g/mol. The summed E-state index contributed by atoms with van der Waals surface area (Å²) in [6, 6.07) is 24.9. The Kier molecular flexibility index (Phi) is 7.25. The van der Waals surface area contributed by atoms with Crippen molar-refractivity contribution in [2.75, 3.05) is 35.8 Å². The average Bonchev–Trinajstić information content (AvgIpc) is 2.94. The molecule has 0 radical (unpaired) electrons. The Balaban J connectivity index is 1.27. The standard InChI is InChI=1S/C28H25BrN4O3S/c29-23-9-5-21(6-10-23)26-3-1-2-4-27(26)37(35,36)31-24-11-7-22(8-12-24)28(34)33-19-17-32(18-20-33)25-13-15-30-16-14-25/h1-16,31H,17-20H2. The molecule has 9 heteroatoms. The molecule has 3 aromatic carbocycles. The van der Waals surface area contributed by atoms with Gasteiger partial charge in [-0.2, -0.15) is 0 Å². The van der Waals surface area contributed by atoms with Crippen LogP contribution in [-0.2, 0) is 10.0 Å². The normalized spacial score (nSPS) is 13.9. The van der Waals surface area contributed by atoms with Gasteiger partial charge in [-0.15, -0.1) is 0 Å². The van der Waals surface area contributed by atoms with Crippen LogP contribution < -0.4 is 9.62 Å². The van der Waals surface area contributed by atoms with Gasteiger partial charge in [-0.25, -0.2) is 8.42 Å². The van der Waals surface area contributed by atoms with Crippen LogP contribution in [0.4, 0.5) is 11.4 Å². The number of carbonyl (C=O) groups is 1. The van der Waals surface area contributed by atoms with E-state index in [-0.39, 0.29) is 10.8 Å². The number of benzene rings is 3. The minimum atomic E-state index is -3.86. The van der Waals surface area contributed by atoms with Crippen molar-refractivity contribution in [1.29, 1.82) is 0 Å². The molecule has 1 aliphatic rings. The van der Waals surface area contributed by atoms with E-state index in [0.29, 0.717) is 29.9 Å². The summed E-state index contributed by atoms with van der Waals surface area (Å²) in [4.78, 5) is 21.3. The van der Waals surface area contributed by atoms with Gasteiger partial charge in [-0.3, -0.25) is 14.5 Å². The molecule has 0 atom stereocenters. The minimum Gasteiger partial charge on any atom is -0.368 e. The van der Waals surface area contributed by atoms with Crippen LogP contribution in [-0.4, -0.2) is 50.4 Å². The minimum absolute atomic E-state index is 0.0654. The van der Waals surface area contributed by atoms with Crippen molar-refractivity contribution in [2.24, 2.45) is 0 Å². The van der Waals surface area contributed by atoms with Crippen molar-refractivity contribution in [1.82, 2.24) is 9.88 Å². The molecule has 1 aliphatic heterocycles. The molecule has 4 aromatic rings. The lowest BCUT2D eigenvalue weighted by atomic mass is 10.1. The zero-order chi connectivity index (χ0) is 25.8. The van der Waals surface area contributed by atoms with E-state index < -0.39 is 10.0 Å². The van der Waals surface area contributed by atoms with Crippen molar-refractivity contribution >= 4 is 43.2 Å². The van der Waals surface area contributed by atoms with Gasteiger partial charge in [0.25, 0.3) is 15.9 Å². The van der Waals surface area contributed by atoms with Gasteiger partial charge in [-0.1, -0.05) is 46.3 Å². The smallest absolute Gasteiger partial charge is 0.262 e. The van der Waals surface area contributed by atoms with Gasteiger partial charge < -0.3 is 9.80 Å². The lowest BCUT2D eigenvalue weighted by Crippen LogP contribution is -2.48. The Hall–Kier alpha value is -3.69. The number of amides is 1. The van der Waals surface area contributed by atoms with Crippen LogP contribution in [0.5, 0.6) is 0 Å². The fourth-order valence-electron chi connectivity index (χ4n) is 4.37. The summed E-state index contributed by atoms with van der Waals surface area (Å²) in [5.74, 6) is -0.0654. The average molecular weight is 578 g/mol. The first-order chi connectivity index (χ1) is 17.9. The molecule has 0 saturated carbocycles. The van der Waals surface area contributed by atoms with E-state index >= 15 is 0 Å². The predicted octanol–water partition coefficient (Wildman–Crippen LogP) is 5.27. The zero-order valence-corrected chi connectivity index (χ0v) is 22.3. The number of halogens is 1. The fraction of sp³-hybridized carbons (Fsp3) is 0.143. The van der Waals surface area contributed by atoms with Gasteiger partial charge in [0.05, 0.1) is 4.90 Å². The van der Waals surface area contributed by atoms with E-state index in [9.17, 15) is 13.2 Å². The predicted molar refractivity (Wildman–Crippen MR) is 149 cm³/mol. The van der Waals surface area contributed by atoms with E-state index in [1.807, 2.05) is 47.4 Å². The molecule has 7 nitrogen and oxygen atoms in total. The molecule has 2 heterocycles. The van der Waals surface area contributed by atoms with Crippen LogP contribution in [0.2, 0.25) is 0 Å². The zero-order valence-electron chi connectivity index (χ0n) is 19.9. The van der Waals surface area contributed by atoms with Crippen LogP contribution in [0.3, 0.4) is 0 Å². The summed E-state index contributed by atoms with van der Waals surface area (Å²) in [6.45, 7) is 2.71. The van der Waals surface area contributed by atoms with Crippen molar-refractivity contribution in [3.05, 3.63) is 107 Å². The van der Waals surface area contributed by atoms with Gasteiger partial charge in [0, 0.05) is 65.5 Å². The summed E-state index contributed by atoms with van der Waals surface area (Å²) in [5, 5.41) is 0. The van der Waals surface area contributed by atoms with Crippen LogP contribution in [0, 0.1) is 0 Å². The highest BCUT2D eigenvalue weighted by molar-refractivity contribution is 9.10. The molecule has 0 aliphatic carbocycles. The maximum Gasteiger partial charge on any atom is 0.262 e. The number of piperazine rings is 1. The van der Waals surface area contributed by atoms with Crippen LogP contribution in [0.25, 0.3) is 11.1 Å². The highest BCUT2D eigenvalue weighted by Crippen LogP contribution is 2.30. The topological polar surface area (TPSA) is 82.6 Å². The summed E-state index contributed by atoms with van der Waals surface area (Å²) >= 11 is 3.41. The van der Waals surface area contributed by atoms with Gasteiger partial charge >= 0.3 is 0 Å². The number of nitrogens with one attached hydrogen (secondary N) is 1. The first-order valence-electron chi connectivity index (χ1n) is 11.8. The van der Waals surface area contributed by atoms with Crippen LogP contribution >= 0.6 is 15.9 Å². The van der Waals surface area contributed by atoms with Gasteiger partial charge in [0.15, 0.2) is 0 Å². The highest BCUT2D eigenvalue weighted by atomic mass is 79.9. The number of nitrogens with zero attached hydrogens (tertiary/aromatic N) is 3. The quantitative estimate of drug-likeness (QED) is 0.338. The third-order valence-corrected chi connectivity index (χ3v) is 8.28. The van der Waals surface area contributed by atoms with Crippen molar-refractivity contribution in [3.63, 3.8) is 0 Å². The van der Waals surface area contributed by atoms with Crippen LogP contribution in [0.1, 0.15) is 10.4 Å². The second kappa shape index (κ2) is 10.7. The van der Waals surface area contributed by atoms with Crippen molar-refractivity contribution in [3.8, 4) is 11.1 Å². The number of pyridine rings is 1. The molecule has 0 unspecified atom stereocenters. The Morgan fingerprint density at radius 2 is 1.46 bits per heavy atom. The third kappa shape index (κ3) is 5.68. The summed E-state index contributed by atoms with van der Waals surface area (Å²) < 4.78 is 30.1. The Morgan fingerprint density at radius 1 is 0.811 bits per heavy atom. The van der Waals surface area contributed by atoms with Gasteiger partial charge in [0.2, 0.25) is 0 Å². The molecule has 0 spiro atoms. The van der Waals surface area contributed by atoms with E-state index in [0.717, 1.165) is 28.8 Å². The fourth-order valence-corrected chi connectivity index (χ4v) is 5.92. The Morgan fingerprint density at radius 3 is 2.14 bits per heavy atom. The lowest BCUT2D eigenvalue weighted by Gasteiger charge is -2.36.